The van der Waals surface area contributed by atoms with E-state index < -0.39 is 29.4 Å². The van der Waals surface area contributed by atoms with Crippen molar-refractivity contribution in [3.8, 4) is 0 Å². The molecule has 2 saturated heterocycles. The quantitative estimate of drug-likeness (QED) is 0.764. The number of hydrogen-bond acceptors (Lipinski definition) is 5. The molecule has 0 saturated carbocycles. The first kappa shape index (κ1) is 17.3. The molecule has 2 N–H and O–H groups in total. The molecule has 3 heterocycles. The Bertz CT molecular complexity index is 827. The van der Waals surface area contributed by atoms with Gasteiger partial charge in [0.05, 0.1) is 13.2 Å². The zero-order valence-electron chi connectivity index (χ0n) is 14.3. The summed E-state index contributed by atoms with van der Waals surface area (Å²) >= 11 is 5.98. The second-order valence-electron chi connectivity index (χ2n) is 7.16. The SMILES string of the molecule is CC1(C)OCC([C@]2(CN3Cc4ccc(Cl)cc4C3=O)NC(=O)NC2=O)O1. The van der Waals surface area contributed by atoms with Gasteiger partial charge in [-0.1, -0.05) is 17.7 Å². The van der Waals surface area contributed by atoms with Gasteiger partial charge in [0.15, 0.2) is 11.3 Å². The van der Waals surface area contributed by atoms with Gasteiger partial charge in [-0.3, -0.25) is 14.9 Å². The van der Waals surface area contributed by atoms with Gasteiger partial charge in [-0.15, -0.1) is 0 Å². The maximum Gasteiger partial charge on any atom is 0.322 e. The molecule has 138 valence electrons. The third-order valence-electron chi connectivity index (χ3n) is 4.92. The number of ether oxygens (including phenoxy) is 2. The van der Waals surface area contributed by atoms with E-state index >= 15 is 0 Å². The molecule has 8 nitrogen and oxygen atoms in total. The van der Waals surface area contributed by atoms with Crippen LogP contribution in [0.3, 0.4) is 0 Å². The molecule has 2 atom stereocenters. The number of carbonyl (C=O) groups excluding carboxylic acids is 3. The van der Waals surface area contributed by atoms with Crippen molar-refractivity contribution in [1.29, 1.82) is 0 Å². The first-order valence-corrected chi connectivity index (χ1v) is 8.61. The lowest BCUT2D eigenvalue weighted by atomic mass is 9.91. The zero-order chi connectivity index (χ0) is 18.7. The van der Waals surface area contributed by atoms with Crippen LogP contribution in [0.1, 0.15) is 29.8 Å². The molecule has 0 bridgehead atoms. The standard InChI is InChI=1S/C17H18ClN3O5/c1-16(2)25-7-12(26-16)17(14(23)19-15(24)20-17)8-21-6-9-3-4-10(18)5-11(9)13(21)22/h3-5,12H,6-8H2,1-2H3,(H2,19,20,23,24)/t12?,17-/m0/s1. The number of hydrogen-bond donors (Lipinski definition) is 2. The number of urea groups is 1. The Balaban J connectivity index is 1.64. The molecule has 3 aliphatic rings. The molecule has 1 aromatic carbocycles. The number of imide groups is 1. The Morgan fingerprint density at radius 1 is 1.31 bits per heavy atom. The van der Waals surface area contributed by atoms with Crippen LogP contribution in [0.4, 0.5) is 4.79 Å². The van der Waals surface area contributed by atoms with E-state index in [-0.39, 0.29) is 19.1 Å². The number of fused-ring (bicyclic) bond motifs is 1. The maximum atomic E-state index is 12.8. The predicted molar refractivity (Wildman–Crippen MR) is 90.5 cm³/mol. The first-order valence-electron chi connectivity index (χ1n) is 8.23. The molecular weight excluding hydrogens is 362 g/mol. The van der Waals surface area contributed by atoms with Crippen LogP contribution in [0.5, 0.6) is 0 Å². The van der Waals surface area contributed by atoms with Crippen LogP contribution >= 0.6 is 11.6 Å². The summed E-state index contributed by atoms with van der Waals surface area (Å²) in [4.78, 5) is 38.8. The monoisotopic (exact) mass is 379 g/mol. The maximum absolute atomic E-state index is 12.8. The van der Waals surface area contributed by atoms with Crippen LogP contribution in [0.2, 0.25) is 5.02 Å². The number of benzene rings is 1. The molecule has 0 aliphatic carbocycles. The van der Waals surface area contributed by atoms with Crippen molar-refractivity contribution in [2.24, 2.45) is 0 Å². The molecule has 3 aliphatic heterocycles. The van der Waals surface area contributed by atoms with Crippen LogP contribution in [-0.2, 0) is 20.8 Å². The second-order valence-corrected chi connectivity index (χ2v) is 7.60. The van der Waals surface area contributed by atoms with Crippen molar-refractivity contribution in [3.63, 3.8) is 0 Å². The zero-order valence-corrected chi connectivity index (χ0v) is 15.1. The highest BCUT2D eigenvalue weighted by Gasteiger charge is 2.58. The lowest BCUT2D eigenvalue weighted by Crippen LogP contribution is -2.63. The Hall–Kier alpha value is -2.16. The van der Waals surface area contributed by atoms with E-state index in [4.69, 9.17) is 21.1 Å². The minimum Gasteiger partial charge on any atom is -0.348 e. The molecule has 1 unspecified atom stereocenters. The van der Waals surface area contributed by atoms with Crippen molar-refractivity contribution >= 4 is 29.4 Å². The van der Waals surface area contributed by atoms with Gasteiger partial charge in [0.1, 0.15) is 6.10 Å². The molecule has 2 fully saturated rings. The van der Waals surface area contributed by atoms with Crippen molar-refractivity contribution in [1.82, 2.24) is 15.5 Å². The third-order valence-corrected chi connectivity index (χ3v) is 5.15. The van der Waals surface area contributed by atoms with Crippen LogP contribution in [0.15, 0.2) is 18.2 Å². The highest BCUT2D eigenvalue weighted by Crippen LogP contribution is 2.34. The second kappa shape index (κ2) is 5.67. The molecule has 26 heavy (non-hydrogen) atoms. The first-order chi connectivity index (χ1) is 12.2. The fourth-order valence-corrected chi connectivity index (χ4v) is 3.81. The third kappa shape index (κ3) is 2.65. The average molecular weight is 380 g/mol. The summed E-state index contributed by atoms with van der Waals surface area (Å²) < 4.78 is 11.4. The molecule has 1 aromatic rings. The van der Waals surface area contributed by atoms with E-state index in [1.807, 2.05) is 0 Å². The molecule has 0 radical (unpaired) electrons. The molecule has 4 amide bonds. The number of rotatable bonds is 3. The summed E-state index contributed by atoms with van der Waals surface area (Å²) in [5, 5.41) is 5.37. The smallest absolute Gasteiger partial charge is 0.322 e. The van der Waals surface area contributed by atoms with Gasteiger partial charge in [-0.05, 0) is 31.5 Å². The molecule has 4 rings (SSSR count). The van der Waals surface area contributed by atoms with Crippen LogP contribution < -0.4 is 10.6 Å². The van der Waals surface area contributed by atoms with Gasteiger partial charge in [0.2, 0.25) is 0 Å². The topological polar surface area (TPSA) is 97.0 Å². The average Bonchev–Trinajstić information content (AvgIpc) is 3.16. The van der Waals surface area contributed by atoms with E-state index in [1.54, 1.807) is 32.0 Å². The Morgan fingerprint density at radius 2 is 2.08 bits per heavy atom. The summed E-state index contributed by atoms with van der Waals surface area (Å²) in [6, 6.07) is 4.49. The lowest BCUT2D eigenvalue weighted by Gasteiger charge is -2.35. The number of carbonyl (C=O) groups is 3. The summed E-state index contributed by atoms with van der Waals surface area (Å²) in [6.07, 6.45) is -0.718. The molecule has 0 spiro atoms. The summed E-state index contributed by atoms with van der Waals surface area (Å²) in [5.74, 6) is -1.65. The predicted octanol–water partition coefficient (Wildman–Crippen LogP) is 1.03. The van der Waals surface area contributed by atoms with Crippen molar-refractivity contribution < 1.29 is 23.9 Å². The van der Waals surface area contributed by atoms with E-state index in [0.717, 1.165) is 5.56 Å². The largest absolute Gasteiger partial charge is 0.348 e. The van der Waals surface area contributed by atoms with Gasteiger partial charge in [-0.25, -0.2) is 4.79 Å². The van der Waals surface area contributed by atoms with E-state index in [1.165, 1.54) is 4.90 Å². The number of amides is 4. The molecule has 9 heteroatoms. The van der Waals surface area contributed by atoms with Gasteiger partial charge in [0.25, 0.3) is 11.8 Å². The number of nitrogens with one attached hydrogen (secondary N) is 2. The normalized spacial score (nSPS) is 29.7. The Labute approximate surface area is 154 Å². The van der Waals surface area contributed by atoms with Crippen molar-refractivity contribution in [2.45, 2.75) is 37.8 Å². The number of halogens is 1. The number of nitrogens with zero attached hydrogens (tertiary/aromatic N) is 1. The minimum atomic E-state index is -1.41. The van der Waals surface area contributed by atoms with Crippen LogP contribution in [0.25, 0.3) is 0 Å². The highest BCUT2D eigenvalue weighted by atomic mass is 35.5. The van der Waals surface area contributed by atoms with Gasteiger partial charge in [-0.2, -0.15) is 0 Å². The molecule has 0 aromatic heterocycles. The Morgan fingerprint density at radius 3 is 2.69 bits per heavy atom. The lowest BCUT2D eigenvalue weighted by molar-refractivity contribution is -0.153. The van der Waals surface area contributed by atoms with Crippen LogP contribution in [0, 0.1) is 0 Å². The summed E-state index contributed by atoms with van der Waals surface area (Å²) in [6.45, 7) is 3.89. The van der Waals surface area contributed by atoms with E-state index in [0.29, 0.717) is 17.1 Å². The van der Waals surface area contributed by atoms with Gasteiger partial charge in [0, 0.05) is 17.1 Å². The van der Waals surface area contributed by atoms with Crippen LogP contribution in [-0.4, -0.2) is 53.3 Å². The highest BCUT2D eigenvalue weighted by molar-refractivity contribution is 6.31. The van der Waals surface area contributed by atoms with Crippen molar-refractivity contribution in [2.75, 3.05) is 13.2 Å². The molecular formula is C17H18ClN3O5. The van der Waals surface area contributed by atoms with Crippen molar-refractivity contribution in [3.05, 3.63) is 34.3 Å². The van der Waals surface area contributed by atoms with E-state index in [2.05, 4.69) is 10.6 Å². The van der Waals surface area contributed by atoms with Gasteiger partial charge < -0.3 is 19.7 Å². The van der Waals surface area contributed by atoms with E-state index in [9.17, 15) is 14.4 Å². The van der Waals surface area contributed by atoms with Gasteiger partial charge >= 0.3 is 6.03 Å². The fourth-order valence-electron chi connectivity index (χ4n) is 3.64. The fraction of sp³-hybridized carbons (Fsp3) is 0.471. The minimum absolute atomic E-state index is 0.0280. The Kier molecular flexibility index (Phi) is 3.76. The summed E-state index contributed by atoms with van der Waals surface area (Å²) in [5.41, 5.74) is -0.0868. The summed E-state index contributed by atoms with van der Waals surface area (Å²) in [7, 11) is 0.